The molecule has 3 rings (SSSR count). The largest absolute Gasteiger partial charge is 0.360 e. The van der Waals surface area contributed by atoms with Crippen molar-refractivity contribution in [2.45, 2.75) is 9.96 Å². The number of halogens is 4. The molecule has 1 aliphatic heterocycles. The third-order valence-corrected chi connectivity index (χ3v) is 4.54. The number of nitrogens with one attached hydrogen (secondary N) is 1. The van der Waals surface area contributed by atoms with Gasteiger partial charge in [-0.15, -0.1) is 0 Å². The normalized spacial score (nSPS) is 17.4. The van der Waals surface area contributed by atoms with Gasteiger partial charge in [0.1, 0.15) is 5.82 Å². The number of amidine groups is 1. The van der Waals surface area contributed by atoms with E-state index in [1.54, 1.807) is 30.3 Å². The van der Waals surface area contributed by atoms with Gasteiger partial charge >= 0.3 is 11.9 Å². The number of alkyl halides is 3. The molecule has 0 saturated carbocycles. The molecule has 1 atom stereocenters. The second-order valence-corrected chi connectivity index (χ2v) is 8.21. The van der Waals surface area contributed by atoms with Gasteiger partial charge in [-0.05, 0) is 24.3 Å². The van der Waals surface area contributed by atoms with Gasteiger partial charge in [-0.25, -0.2) is 19.1 Å². The fraction of sp³-hybridized carbons (Fsp3) is 0.167. The molecule has 146 valence electrons. The summed E-state index contributed by atoms with van der Waals surface area (Å²) >= 11 is 18.0. The van der Waals surface area contributed by atoms with E-state index in [2.05, 4.69) is 10.3 Å². The number of hydrogen-bond donors (Lipinski definition) is 1. The highest BCUT2D eigenvalue weighted by molar-refractivity contribution is 6.68. The number of rotatable bonds is 4. The molecule has 10 heteroatoms. The smallest absolute Gasteiger partial charge is 0.337 e. The van der Waals surface area contributed by atoms with Gasteiger partial charge in [0.25, 0.3) is 0 Å². The molecule has 2 aromatic rings. The van der Waals surface area contributed by atoms with E-state index in [0.717, 1.165) is 11.0 Å². The average Bonchev–Trinajstić information content (AvgIpc) is 2.85. The summed E-state index contributed by atoms with van der Waals surface area (Å²) in [4.78, 5) is 31.2. The van der Waals surface area contributed by atoms with Crippen LogP contribution in [0.3, 0.4) is 0 Å². The zero-order chi connectivity index (χ0) is 20.5. The van der Waals surface area contributed by atoms with Gasteiger partial charge < -0.3 is 5.32 Å². The van der Waals surface area contributed by atoms with Crippen molar-refractivity contribution in [3.05, 3.63) is 60.4 Å². The van der Waals surface area contributed by atoms with Crippen molar-refractivity contribution in [2.75, 3.05) is 17.3 Å². The maximum atomic E-state index is 14.1. The molecular formula is C18H14Cl3FN4O2. The summed E-state index contributed by atoms with van der Waals surface area (Å²) < 4.78 is 12.2. The van der Waals surface area contributed by atoms with Crippen molar-refractivity contribution in [3.8, 4) is 0 Å². The molecule has 6 nitrogen and oxygen atoms in total. The Balaban J connectivity index is 1.98. The Kier molecular flexibility index (Phi) is 5.79. The Bertz CT molecular complexity index is 934. The summed E-state index contributed by atoms with van der Waals surface area (Å²) in [6.45, 7) is 0. The highest BCUT2D eigenvalue weighted by Crippen LogP contribution is 2.34. The first-order chi connectivity index (χ1) is 13.2. The lowest BCUT2D eigenvalue weighted by Crippen LogP contribution is -2.36. The summed E-state index contributed by atoms with van der Waals surface area (Å²) in [6.07, 6.45) is -1.19. The maximum absolute atomic E-state index is 14.1. The van der Waals surface area contributed by atoms with E-state index in [1.165, 1.54) is 25.2 Å². The number of nitrogens with zero attached hydrogens (tertiary/aromatic N) is 3. The minimum atomic E-state index is -1.93. The molecule has 1 N–H and O–H groups in total. The lowest BCUT2D eigenvalue weighted by molar-refractivity contribution is -0.111. The van der Waals surface area contributed by atoms with Crippen LogP contribution in [-0.4, -0.2) is 39.7 Å². The summed E-state index contributed by atoms with van der Waals surface area (Å²) in [5, 5.41) is 2.90. The molecule has 1 aliphatic rings. The Labute approximate surface area is 175 Å². The van der Waals surface area contributed by atoms with E-state index in [4.69, 9.17) is 34.8 Å². The molecule has 0 radical (unpaired) electrons. The van der Waals surface area contributed by atoms with Gasteiger partial charge in [0, 0.05) is 12.7 Å². The van der Waals surface area contributed by atoms with Crippen LogP contribution in [0, 0.1) is 5.82 Å². The number of carbonyl (C=O) groups is 2. The summed E-state index contributed by atoms with van der Waals surface area (Å²) in [6, 6.07) is 13.4. The molecular weight excluding hydrogens is 430 g/mol. The zero-order valence-corrected chi connectivity index (χ0v) is 16.7. The molecule has 0 spiro atoms. The minimum absolute atomic E-state index is 0.184. The molecule has 0 aromatic heterocycles. The molecule has 1 unspecified atom stereocenters. The van der Waals surface area contributed by atoms with Crippen molar-refractivity contribution in [3.63, 3.8) is 0 Å². The van der Waals surface area contributed by atoms with Crippen LogP contribution in [0.5, 0.6) is 0 Å². The monoisotopic (exact) mass is 442 g/mol. The lowest BCUT2D eigenvalue weighted by Gasteiger charge is -2.23. The Morgan fingerprint density at radius 2 is 1.64 bits per heavy atom. The van der Waals surface area contributed by atoms with Gasteiger partial charge in [0.2, 0.25) is 9.63 Å². The second kappa shape index (κ2) is 7.95. The SMILES string of the molecule is CN1C(=O)N(c2ccccc2F)C(=O)C1=NC(Nc1ccccc1)C(Cl)(Cl)Cl. The van der Waals surface area contributed by atoms with E-state index >= 15 is 0 Å². The van der Waals surface area contributed by atoms with Crippen LogP contribution < -0.4 is 10.2 Å². The summed E-state index contributed by atoms with van der Waals surface area (Å²) in [7, 11) is 1.33. The highest BCUT2D eigenvalue weighted by atomic mass is 35.6. The van der Waals surface area contributed by atoms with Gasteiger partial charge in [-0.3, -0.25) is 9.69 Å². The topological polar surface area (TPSA) is 65.0 Å². The van der Waals surface area contributed by atoms with Crippen molar-refractivity contribution in [1.82, 2.24) is 4.90 Å². The molecule has 0 aliphatic carbocycles. The van der Waals surface area contributed by atoms with Gasteiger partial charge in [0.05, 0.1) is 5.69 Å². The van der Waals surface area contributed by atoms with Gasteiger partial charge in [-0.1, -0.05) is 65.1 Å². The standard InChI is InChI=1S/C18H14Cl3FN4O2/c1-25-14(15(27)26(17(25)28)13-10-6-5-9-12(13)22)24-16(18(19,20)21)23-11-7-3-2-4-8-11/h2-10,16,23H,1H3. The van der Waals surface area contributed by atoms with Crippen molar-refractivity contribution in [1.29, 1.82) is 0 Å². The van der Waals surface area contributed by atoms with Crippen LogP contribution in [0.25, 0.3) is 0 Å². The molecule has 0 bridgehead atoms. The van der Waals surface area contributed by atoms with Crippen LogP contribution in [0.2, 0.25) is 0 Å². The van der Waals surface area contributed by atoms with Crippen LogP contribution in [0.4, 0.5) is 20.6 Å². The number of carbonyl (C=O) groups excluding carboxylic acids is 2. The highest BCUT2D eigenvalue weighted by Gasteiger charge is 2.44. The number of amides is 3. The Hall–Kier alpha value is -2.35. The molecule has 3 amide bonds. The van der Waals surface area contributed by atoms with Gasteiger partial charge in [-0.2, -0.15) is 0 Å². The third kappa shape index (κ3) is 4.06. The lowest BCUT2D eigenvalue weighted by atomic mass is 10.3. The number of para-hydroxylation sites is 2. The first kappa shape index (κ1) is 20.4. The molecule has 1 heterocycles. The third-order valence-electron chi connectivity index (χ3n) is 3.92. The number of imide groups is 1. The zero-order valence-electron chi connectivity index (χ0n) is 14.4. The van der Waals surface area contributed by atoms with Crippen molar-refractivity contribution < 1.29 is 14.0 Å². The molecule has 2 aromatic carbocycles. The van der Waals surface area contributed by atoms with Crippen LogP contribution in [-0.2, 0) is 4.79 Å². The maximum Gasteiger partial charge on any atom is 0.337 e. The fourth-order valence-electron chi connectivity index (χ4n) is 2.56. The number of aliphatic imine (C=N–C) groups is 1. The summed E-state index contributed by atoms with van der Waals surface area (Å²) in [5.41, 5.74) is 0.407. The predicted octanol–water partition coefficient (Wildman–Crippen LogP) is 4.43. The molecule has 28 heavy (non-hydrogen) atoms. The number of likely N-dealkylation sites (N-methyl/N-ethyl adjacent to an activating group) is 1. The molecule has 1 fully saturated rings. The first-order valence-electron chi connectivity index (χ1n) is 8.03. The van der Waals surface area contributed by atoms with E-state index in [0.29, 0.717) is 10.6 Å². The Morgan fingerprint density at radius 1 is 1.04 bits per heavy atom. The van der Waals surface area contributed by atoms with Crippen LogP contribution in [0.15, 0.2) is 59.6 Å². The quantitative estimate of drug-likeness (QED) is 0.561. The molecule has 1 saturated heterocycles. The fourth-order valence-corrected chi connectivity index (χ4v) is 2.87. The van der Waals surface area contributed by atoms with Gasteiger partial charge in [0.15, 0.2) is 6.17 Å². The van der Waals surface area contributed by atoms with E-state index in [-0.39, 0.29) is 11.5 Å². The van der Waals surface area contributed by atoms with Crippen LogP contribution >= 0.6 is 34.8 Å². The number of benzene rings is 2. The van der Waals surface area contributed by atoms with E-state index < -0.39 is 27.7 Å². The first-order valence-corrected chi connectivity index (χ1v) is 9.16. The van der Waals surface area contributed by atoms with Crippen molar-refractivity contribution in [2.24, 2.45) is 4.99 Å². The minimum Gasteiger partial charge on any atom is -0.360 e. The number of hydrogen-bond acceptors (Lipinski definition) is 4. The van der Waals surface area contributed by atoms with Crippen LogP contribution in [0.1, 0.15) is 0 Å². The average molecular weight is 444 g/mol. The van der Waals surface area contributed by atoms with E-state index in [1.807, 2.05) is 0 Å². The van der Waals surface area contributed by atoms with Crippen molar-refractivity contribution >= 4 is 64.0 Å². The van der Waals surface area contributed by atoms with E-state index in [9.17, 15) is 14.0 Å². The second-order valence-electron chi connectivity index (χ2n) is 5.84. The number of urea groups is 1. The predicted molar refractivity (Wildman–Crippen MR) is 109 cm³/mol. The number of anilines is 2. The summed E-state index contributed by atoms with van der Waals surface area (Å²) in [5.74, 6) is -1.83. The Morgan fingerprint density at radius 3 is 2.25 bits per heavy atom.